The summed E-state index contributed by atoms with van der Waals surface area (Å²) in [7, 11) is 0. The van der Waals surface area contributed by atoms with Crippen molar-refractivity contribution in [2.45, 2.75) is 96.6 Å². The van der Waals surface area contributed by atoms with Crippen LogP contribution >= 0.6 is 11.8 Å². The molecular weight excluding hydrogens is 596 g/mol. The molecule has 2 aromatic rings. The van der Waals surface area contributed by atoms with Gasteiger partial charge in [0.1, 0.15) is 0 Å². The maximum Gasteiger partial charge on any atom is 0.332 e. The van der Waals surface area contributed by atoms with Crippen LogP contribution in [0, 0.1) is 25.7 Å². The van der Waals surface area contributed by atoms with Crippen molar-refractivity contribution in [3.05, 3.63) is 56.2 Å². The Balaban J connectivity index is 1.48. The third-order valence-electron chi connectivity index (χ3n) is 9.94. The molecule has 1 amide bonds. The number of hydrogen-bond donors (Lipinski definition) is 8. The molecule has 2 aromatic heterocycles. The fourth-order valence-electron chi connectivity index (χ4n) is 7.20. The molecule has 12 heteroatoms. The highest BCUT2D eigenvalue weighted by atomic mass is 32.2. The van der Waals surface area contributed by atoms with Crippen LogP contribution in [-0.2, 0) is 40.1 Å². The van der Waals surface area contributed by atoms with Gasteiger partial charge in [-0.25, -0.2) is 4.79 Å². The average Bonchev–Trinajstić information content (AvgIpc) is 3.56. The summed E-state index contributed by atoms with van der Waals surface area (Å²) in [5.74, 6) is -0.778. The topological polar surface area (TPSA) is 188 Å². The minimum Gasteiger partial charge on any atom is -0.494 e. The van der Waals surface area contributed by atoms with Gasteiger partial charge in [0.25, 0.3) is 0 Å². The number of thioether (sulfide) groups is 1. The van der Waals surface area contributed by atoms with Gasteiger partial charge in [0.2, 0.25) is 5.91 Å². The summed E-state index contributed by atoms with van der Waals surface area (Å²) < 4.78 is 0. The van der Waals surface area contributed by atoms with E-state index in [1.54, 1.807) is 0 Å². The molecule has 2 fully saturated rings. The zero-order valence-corrected chi connectivity index (χ0v) is 27.2. The van der Waals surface area contributed by atoms with E-state index < -0.39 is 18.0 Å². The van der Waals surface area contributed by atoms with E-state index in [0.29, 0.717) is 30.9 Å². The van der Waals surface area contributed by atoms with E-state index in [0.717, 1.165) is 61.9 Å². The number of rotatable bonds is 13. The van der Waals surface area contributed by atoms with Crippen molar-refractivity contribution in [2.24, 2.45) is 11.8 Å². The molecule has 5 rings (SSSR count). The van der Waals surface area contributed by atoms with E-state index in [2.05, 4.69) is 20.6 Å². The lowest BCUT2D eigenvalue weighted by molar-refractivity contribution is -0.146. The lowest BCUT2D eigenvalue weighted by atomic mass is 9.86. The first-order valence-corrected chi connectivity index (χ1v) is 16.7. The quantitative estimate of drug-likeness (QED) is 0.152. The minimum atomic E-state index is -1.58. The van der Waals surface area contributed by atoms with Gasteiger partial charge in [0, 0.05) is 82.9 Å². The summed E-state index contributed by atoms with van der Waals surface area (Å²) in [6.45, 7) is 9.76. The molecule has 2 saturated heterocycles. The molecule has 11 nitrogen and oxygen atoms in total. The second-order valence-electron chi connectivity index (χ2n) is 12.6. The van der Waals surface area contributed by atoms with E-state index >= 15 is 0 Å². The van der Waals surface area contributed by atoms with Crippen LogP contribution in [0.3, 0.4) is 0 Å². The standard InChI is InChI=1S/C33H44N4O7S/c1-6-18-14(2)23(36-32(18)42)10-21-16(4)20(9-27(38)33(43)44)25(35-21)12-24-19(7-8-29(39)40)15(3)22(34-24)11-26-30(28-13-45-28)17(5)31(41)37-26/h10,17,25-28,30,34-36,38,42H,6-9,11-13H2,1-5H3,(H,37,41)(H,39,40)(H,43,44)/b21-10+/t17-,25?,26?,27?,28-,30-/m1/s1. The molecule has 45 heavy (non-hydrogen) atoms. The number of carbonyl (C=O) groups excluding carboxylic acids is 1. The number of amides is 1. The van der Waals surface area contributed by atoms with Crippen molar-refractivity contribution >= 4 is 35.7 Å². The zero-order chi connectivity index (χ0) is 32.7. The number of carboxylic acid groups (broad SMARTS) is 2. The predicted molar refractivity (Wildman–Crippen MR) is 172 cm³/mol. The molecule has 0 aromatic carbocycles. The maximum atomic E-state index is 12.6. The first-order valence-electron chi connectivity index (χ1n) is 15.6. The smallest absolute Gasteiger partial charge is 0.332 e. The van der Waals surface area contributed by atoms with Gasteiger partial charge >= 0.3 is 11.9 Å². The molecule has 0 bridgehead atoms. The fourth-order valence-corrected chi connectivity index (χ4v) is 8.18. The first kappa shape index (κ1) is 32.7. The summed E-state index contributed by atoms with van der Waals surface area (Å²) in [4.78, 5) is 42.5. The second-order valence-corrected chi connectivity index (χ2v) is 13.9. The van der Waals surface area contributed by atoms with Crippen molar-refractivity contribution in [2.75, 3.05) is 5.75 Å². The molecule has 3 unspecified atom stereocenters. The van der Waals surface area contributed by atoms with E-state index in [9.17, 15) is 34.8 Å². The number of H-pyrrole nitrogens is 2. The Morgan fingerprint density at radius 3 is 2.36 bits per heavy atom. The number of aromatic hydroxyl groups is 1. The molecule has 3 aliphatic rings. The Kier molecular flexibility index (Phi) is 9.46. The Morgan fingerprint density at radius 2 is 1.76 bits per heavy atom. The van der Waals surface area contributed by atoms with Gasteiger partial charge in [-0.3, -0.25) is 9.59 Å². The number of aromatic nitrogens is 2. The number of hydrogen-bond acceptors (Lipinski definition) is 7. The van der Waals surface area contributed by atoms with Crippen molar-refractivity contribution in [1.29, 1.82) is 0 Å². The number of aliphatic hydroxyl groups is 1. The number of nitrogens with one attached hydrogen (secondary N) is 4. The molecule has 244 valence electrons. The lowest BCUT2D eigenvalue weighted by Gasteiger charge is -2.20. The van der Waals surface area contributed by atoms with Gasteiger partial charge in [-0.05, 0) is 67.5 Å². The van der Waals surface area contributed by atoms with Gasteiger partial charge in [0.15, 0.2) is 12.0 Å². The first-order chi connectivity index (χ1) is 21.3. The highest BCUT2D eigenvalue weighted by Gasteiger charge is 2.48. The third kappa shape index (κ3) is 6.67. The van der Waals surface area contributed by atoms with Crippen molar-refractivity contribution < 1.29 is 34.8 Å². The van der Waals surface area contributed by atoms with Crippen LogP contribution < -0.4 is 10.6 Å². The third-order valence-corrected chi connectivity index (χ3v) is 11.0. The van der Waals surface area contributed by atoms with Crippen LogP contribution in [0.2, 0.25) is 0 Å². The Morgan fingerprint density at radius 1 is 1.04 bits per heavy atom. The number of aromatic amines is 2. The molecule has 0 saturated carbocycles. The lowest BCUT2D eigenvalue weighted by Crippen LogP contribution is -2.33. The van der Waals surface area contributed by atoms with E-state index in [1.807, 2.05) is 52.5 Å². The van der Waals surface area contributed by atoms with Gasteiger partial charge in [-0.2, -0.15) is 11.8 Å². The van der Waals surface area contributed by atoms with Crippen LogP contribution in [0.1, 0.15) is 72.9 Å². The van der Waals surface area contributed by atoms with E-state index in [-0.39, 0.29) is 48.5 Å². The monoisotopic (exact) mass is 640 g/mol. The summed E-state index contributed by atoms with van der Waals surface area (Å²) in [5.41, 5.74) is 8.51. The number of carbonyl (C=O) groups is 3. The Bertz CT molecular complexity index is 1570. The number of aliphatic hydroxyl groups excluding tert-OH is 1. The SMILES string of the molecule is CCc1c(O)[nH]c(/C=C2/NC(Cc3[nH]c(CC4NC(=O)[C@H](C)[C@H]4[C@H]4CS4)c(C)c3CCC(=O)O)C(CC(O)C(=O)O)=C2C)c1C. The normalized spacial score (nSPS) is 26.0. The molecule has 0 spiro atoms. The number of allylic oxidation sites excluding steroid dienone is 1. The van der Waals surface area contributed by atoms with Crippen LogP contribution in [0.5, 0.6) is 5.88 Å². The number of carboxylic acids is 2. The largest absolute Gasteiger partial charge is 0.494 e. The summed E-state index contributed by atoms with van der Waals surface area (Å²) in [5, 5.41) is 47.0. The van der Waals surface area contributed by atoms with Crippen LogP contribution in [0.15, 0.2) is 16.8 Å². The molecule has 0 radical (unpaired) electrons. The fraction of sp³-hybridized carbons (Fsp3) is 0.545. The molecule has 3 aliphatic heterocycles. The summed E-state index contributed by atoms with van der Waals surface area (Å²) >= 11 is 1.88. The summed E-state index contributed by atoms with van der Waals surface area (Å²) in [6.07, 6.45) is 2.21. The van der Waals surface area contributed by atoms with Crippen LogP contribution in [0.25, 0.3) is 6.08 Å². The van der Waals surface area contributed by atoms with E-state index in [1.165, 1.54) is 0 Å². The minimum absolute atomic E-state index is 0.0129. The van der Waals surface area contributed by atoms with Crippen LogP contribution in [-0.4, -0.2) is 77.4 Å². The predicted octanol–water partition coefficient (Wildman–Crippen LogP) is 3.36. The second kappa shape index (κ2) is 13.0. The molecule has 8 N–H and O–H groups in total. The van der Waals surface area contributed by atoms with Gasteiger partial charge in [-0.1, -0.05) is 13.8 Å². The van der Waals surface area contributed by atoms with Crippen molar-refractivity contribution in [1.82, 2.24) is 20.6 Å². The highest BCUT2D eigenvalue weighted by molar-refractivity contribution is 8.06. The zero-order valence-electron chi connectivity index (χ0n) is 26.4. The van der Waals surface area contributed by atoms with Gasteiger partial charge < -0.3 is 41.0 Å². The highest BCUT2D eigenvalue weighted by Crippen LogP contribution is 2.45. The van der Waals surface area contributed by atoms with Crippen LogP contribution in [0.4, 0.5) is 0 Å². The average molecular weight is 641 g/mol. The van der Waals surface area contributed by atoms with Crippen molar-refractivity contribution in [3.8, 4) is 5.88 Å². The molecule has 0 aliphatic carbocycles. The molecule has 5 heterocycles. The van der Waals surface area contributed by atoms with Gasteiger partial charge in [-0.15, -0.1) is 0 Å². The van der Waals surface area contributed by atoms with Crippen molar-refractivity contribution in [3.63, 3.8) is 0 Å². The molecular formula is C33H44N4O7S. The Labute approximate surface area is 267 Å². The number of aliphatic carboxylic acids is 2. The maximum absolute atomic E-state index is 12.6. The summed E-state index contributed by atoms with van der Waals surface area (Å²) in [6, 6.07) is -0.378. The molecule has 6 atom stereocenters. The Hall–Kier alpha value is -3.64. The van der Waals surface area contributed by atoms with Gasteiger partial charge in [0.05, 0.1) is 6.04 Å². The van der Waals surface area contributed by atoms with E-state index in [4.69, 9.17) is 0 Å².